The topological polar surface area (TPSA) is 27.0 Å². The van der Waals surface area contributed by atoms with E-state index in [1.807, 2.05) is 6.19 Å². The molecule has 0 fully saturated rings. The van der Waals surface area contributed by atoms with E-state index in [0.29, 0.717) is 23.2 Å². The largest absolute Gasteiger partial charge is 0.303 e. The Morgan fingerprint density at radius 2 is 1.62 bits per heavy atom. The molecule has 0 saturated carbocycles. The molecule has 0 aromatic heterocycles. The van der Waals surface area contributed by atoms with Crippen molar-refractivity contribution in [3.8, 4) is 6.19 Å². The average molecular weight is 219 g/mol. The van der Waals surface area contributed by atoms with Crippen LogP contribution >= 0.6 is 23.2 Å². The van der Waals surface area contributed by atoms with E-state index >= 15 is 0 Å². The van der Waals surface area contributed by atoms with E-state index in [4.69, 9.17) is 28.5 Å². The van der Waals surface area contributed by atoms with Crippen LogP contribution < -0.4 is 0 Å². The van der Waals surface area contributed by atoms with Gasteiger partial charge in [0.15, 0.2) is 6.19 Å². The second-order valence-electron chi connectivity index (χ2n) is 2.59. The third-order valence-electron chi connectivity index (χ3n) is 1.33. The van der Waals surface area contributed by atoms with Gasteiger partial charge in [0.25, 0.3) is 0 Å². The molecule has 0 N–H and O–H groups in total. The number of allylic oxidation sites excluding steroid dienone is 2. The summed E-state index contributed by atoms with van der Waals surface area (Å²) in [5.41, 5.74) is 0. The molecule has 0 heterocycles. The van der Waals surface area contributed by atoms with Crippen molar-refractivity contribution in [2.75, 3.05) is 13.1 Å². The minimum atomic E-state index is 0.520. The summed E-state index contributed by atoms with van der Waals surface area (Å²) in [5.74, 6) is 0. The van der Waals surface area contributed by atoms with Gasteiger partial charge in [0, 0.05) is 23.2 Å². The molecule has 72 valence electrons. The molecule has 0 aliphatic rings. The highest BCUT2D eigenvalue weighted by Crippen LogP contribution is 2.01. The average Bonchev–Trinajstić information content (AvgIpc) is 2.04. The Bertz CT molecular complexity index is 223. The van der Waals surface area contributed by atoms with E-state index in [9.17, 15) is 0 Å². The molecule has 0 aromatic carbocycles. The van der Waals surface area contributed by atoms with Gasteiger partial charge in [-0.1, -0.05) is 35.4 Å². The lowest BCUT2D eigenvalue weighted by Gasteiger charge is -2.09. The maximum atomic E-state index is 8.68. The highest BCUT2D eigenvalue weighted by Gasteiger charge is 1.96. The van der Waals surface area contributed by atoms with Gasteiger partial charge in [-0.15, -0.1) is 0 Å². The normalized spacial score (nSPS) is 12.5. The van der Waals surface area contributed by atoms with Gasteiger partial charge in [0.2, 0.25) is 0 Å². The van der Waals surface area contributed by atoms with Crippen LogP contribution in [0.2, 0.25) is 0 Å². The maximum absolute atomic E-state index is 8.68. The van der Waals surface area contributed by atoms with Crippen molar-refractivity contribution < 1.29 is 0 Å². The van der Waals surface area contributed by atoms with Gasteiger partial charge in [-0.2, -0.15) is 5.26 Å². The number of nitriles is 1. The van der Waals surface area contributed by atoms with Crippen molar-refractivity contribution in [3.05, 3.63) is 22.2 Å². The summed E-state index contributed by atoms with van der Waals surface area (Å²) in [6.45, 7) is 4.60. The first-order chi connectivity index (χ1) is 6.06. The first-order valence-corrected chi connectivity index (χ1v) is 4.61. The van der Waals surface area contributed by atoms with Crippen LogP contribution in [0, 0.1) is 11.5 Å². The van der Waals surface area contributed by atoms with Crippen LogP contribution in [0.4, 0.5) is 0 Å². The van der Waals surface area contributed by atoms with Crippen LogP contribution in [0.1, 0.15) is 13.8 Å². The predicted molar refractivity (Wildman–Crippen MR) is 56.4 cm³/mol. The van der Waals surface area contributed by atoms with Gasteiger partial charge in [-0.25, -0.2) is 0 Å². The van der Waals surface area contributed by atoms with E-state index in [0.717, 1.165) is 0 Å². The second kappa shape index (κ2) is 6.82. The van der Waals surface area contributed by atoms with Crippen molar-refractivity contribution in [1.29, 1.82) is 5.26 Å². The SMILES string of the molecule is CC(Cl)=CCN(C#N)CC=C(C)Cl. The zero-order chi connectivity index (χ0) is 10.3. The molecular weight excluding hydrogens is 207 g/mol. The van der Waals surface area contributed by atoms with E-state index < -0.39 is 0 Å². The van der Waals surface area contributed by atoms with Crippen LogP contribution in [0.15, 0.2) is 22.2 Å². The van der Waals surface area contributed by atoms with Crippen LogP contribution in [0.25, 0.3) is 0 Å². The Labute approximate surface area is 89.0 Å². The molecule has 0 saturated heterocycles. The van der Waals surface area contributed by atoms with E-state index in [1.54, 1.807) is 30.9 Å². The summed E-state index contributed by atoms with van der Waals surface area (Å²) in [5, 5.41) is 10.1. The van der Waals surface area contributed by atoms with Crippen LogP contribution in [0.5, 0.6) is 0 Å². The lowest BCUT2D eigenvalue weighted by Crippen LogP contribution is -2.17. The Morgan fingerprint density at radius 1 is 1.23 bits per heavy atom. The molecular formula is C9H12Cl2N2. The first-order valence-electron chi connectivity index (χ1n) is 3.85. The van der Waals surface area contributed by atoms with Crippen molar-refractivity contribution in [3.63, 3.8) is 0 Å². The fourth-order valence-corrected chi connectivity index (χ4v) is 0.766. The molecule has 0 spiro atoms. The number of nitrogens with zero attached hydrogens (tertiary/aromatic N) is 2. The predicted octanol–water partition coefficient (Wildman–Crippen LogP) is 3.05. The molecule has 0 aromatic rings. The Hall–Kier alpha value is -0.650. The third kappa shape index (κ3) is 7.70. The summed E-state index contributed by atoms with van der Waals surface area (Å²) in [7, 11) is 0. The van der Waals surface area contributed by atoms with Crippen molar-refractivity contribution in [2.45, 2.75) is 13.8 Å². The first kappa shape index (κ1) is 12.3. The zero-order valence-corrected chi connectivity index (χ0v) is 9.23. The smallest absolute Gasteiger partial charge is 0.179 e. The van der Waals surface area contributed by atoms with Crippen LogP contribution in [0.3, 0.4) is 0 Å². The van der Waals surface area contributed by atoms with Gasteiger partial charge < -0.3 is 4.90 Å². The quantitative estimate of drug-likeness (QED) is 0.536. The molecule has 0 amide bonds. The molecule has 0 aliphatic heterocycles. The molecule has 2 nitrogen and oxygen atoms in total. The Morgan fingerprint density at radius 3 is 1.85 bits per heavy atom. The number of hydrogen-bond donors (Lipinski definition) is 0. The summed E-state index contributed by atoms with van der Waals surface area (Å²) in [6.07, 6.45) is 5.60. The highest BCUT2D eigenvalue weighted by molar-refractivity contribution is 6.29. The molecule has 0 atom stereocenters. The van der Waals surface area contributed by atoms with Gasteiger partial charge in [-0.05, 0) is 13.8 Å². The number of hydrogen-bond acceptors (Lipinski definition) is 2. The lowest BCUT2D eigenvalue weighted by molar-refractivity contribution is 0.480. The summed E-state index contributed by atoms with van der Waals surface area (Å²) >= 11 is 11.3. The van der Waals surface area contributed by atoms with Crippen molar-refractivity contribution in [1.82, 2.24) is 4.90 Å². The molecule has 0 rings (SSSR count). The fourth-order valence-electron chi connectivity index (χ4n) is 0.628. The number of rotatable bonds is 4. The van der Waals surface area contributed by atoms with E-state index in [-0.39, 0.29) is 0 Å². The fraction of sp³-hybridized carbons (Fsp3) is 0.444. The molecule has 0 bridgehead atoms. The molecule has 0 radical (unpaired) electrons. The van der Waals surface area contributed by atoms with Crippen molar-refractivity contribution >= 4 is 23.2 Å². The lowest BCUT2D eigenvalue weighted by atomic mass is 10.4. The Kier molecular flexibility index (Phi) is 6.48. The summed E-state index contributed by atoms with van der Waals surface area (Å²) in [6, 6.07) is 0. The van der Waals surface area contributed by atoms with Gasteiger partial charge in [-0.3, -0.25) is 0 Å². The van der Waals surface area contributed by atoms with Crippen LogP contribution in [-0.4, -0.2) is 18.0 Å². The summed E-state index contributed by atoms with van der Waals surface area (Å²) < 4.78 is 0. The van der Waals surface area contributed by atoms with E-state index in [2.05, 4.69) is 0 Å². The Balaban J connectivity index is 4.00. The van der Waals surface area contributed by atoms with Crippen LogP contribution in [-0.2, 0) is 0 Å². The standard InChI is InChI=1S/C9H12Cl2N2/c1-8(10)3-5-13(7-12)6-4-9(2)11/h3-4H,5-6H2,1-2H3. The minimum Gasteiger partial charge on any atom is -0.303 e. The van der Waals surface area contributed by atoms with Gasteiger partial charge in [0.05, 0.1) is 0 Å². The maximum Gasteiger partial charge on any atom is 0.179 e. The number of halogens is 2. The molecule has 4 heteroatoms. The monoisotopic (exact) mass is 218 g/mol. The molecule has 13 heavy (non-hydrogen) atoms. The highest BCUT2D eigenvalue weighted by atomic mass is 35.5. The summed E-state index contributed by atoms with van der Waals surface area (Å²) in [4.78, 5) is 1.55. The zero-order valence-electron chi connectivity index (χ0n) is 7.72. The van der Waals surface area contributed by atoms with Gasteiger partial charge >= 0.3 is 0 Å². The van der Waals surface area contributed by atoms with E-state index in [1.165, 1.54) is 0 Å². The minimum absolute atomic E-state index is 0.520. The van der Waals surface area contributed by atoms with Crippen molar-refractivity contribution in [2.24, 2.45) is 0 Å². The molecule has 0 aliphatic carbocycles. The second-order valence-corrected chi connectivity index (χ2v) is 3.78. The third-order valence-corrected chi connectivity index (χ3v) is 1.64. The molecule has 0 unspecified atom stereocenters. The van der Waals surface area contributed by atoms with Gasteiger partial charge in [0.1, 0.15) is 0 Å².